The molecule has 0 radical (unpaired) electrons. The second-order valence-corrected chi connectivity index (χ2v) is 9.51. The average Bonchev–Trinajstić information content (AvgIpc) is 2.82. The highest BCUT2D eigenvalue weighted by Crippen LogP contribution is 2.28. The third kappa shape index (κ3) is 5.71. The monoisotopic (exact) mass is 457 g/mol. The van der Waals surface area contributed by atoms with Gasteiger partial charge in [0.15, 0.2) is 5.16 Å². The van der Waals surface area contributed by atoms with E-state index < -0.39 is 0 Å². The molecule has 3 rings (SSSR count). The molecule has 7 nitrogen and oxygen atoms in total. The summed E-state index contributed by atoms with van der Waals surface area (Å²) in [6.07, 6.45) is 4.54. The number of carbonyl (C=O) groups excluding carboxylic acids is 1. The molecule has 174 valence electrons. The number of rotatable bonds is 9. The first-order chi connectivity index (χ1) is 15.5. The summed E-state index contributed by atoms with van der Waals surface area (Å²) >= 11 is 1.36. The molecule has 1 aromatic carbocycles. The summed E-state index contributed by atoms with van der Waals surface area (Å²) in [6, 6.07) is 7.27. The molecule has 1 aromatic heterocycles. The van der Waals surface area contributed by atoms with Gasteiger partial charge in [0.05, 0.1) is 16.2 Å². The summed E-state index contributed by atoms with van der Waals surface area (Å²) < 4.78 is 0. The van der Waals surface area contributed by atoms with Crippen LogP contribution in [0.25, 0.3) is 10.9 Å². The minimum atomic E-state index is -0.291. The Bertz CT molecular complexity index is 988. The van der Waals surface area contributed by atoms with Gasteiger partial charge in [-0.25, -0.2) is 4.98 Å². The first-order valence-electron chi connectivity index (χ1n) is 11.8. The van der Waals surface area contributed by atoms with Crippen molar-refractivity contribution in [3.8, 4) is 0 Å². The summed E-state index contributed by atoms with van der Waals surface area (Å²) in [4.78, 5) is 37.5. The van der Waals surface area contributed by atoms with E-state index in [0.717, 1.165) is 51.7 Å². The molecular weight excluding hydrogens is 422 g/mol. The van der Waals surface area contributed by atoms with Crippen LogP contribution in [0.5, 0.6) is 0 Å². The van der Waals surface area contributed by atoms with Crippen molar-refractivity contribution in [1.29, 1.82) is 5.41 Å². The number of amides is 1. The van der Waals surface area contributed by atoms with Crippen molar-refractivity contribution >= 4 is 34.4 Å². The largest absolute Gasteiger partial charge is 0.361 e. The Morgan fingerprint density at radius 2 is 2.06 bits per heavy atom. The zero-order valence-corrected chi connectivity index (χ0v) is 20.2. The lowest BCUT2D eigenvalue weighted by Crippen LogP contribution is -2.48. The molecule has 2 atom stereocenters. The van der Waals surface area contributed by atoms with Gasteiger partial charge in [-0.05, 0) is 45.2 Å². The highest BCUT2D eigenvalue weighted by Gasteiger charge is 2.32. The van der Waals surface area contributed by atoms with Gasteiger partial charge in [-0.15, -0.1) is 0 Å². The number of amidine groups is 1. The Hall–Kier alpha value is -2.35. The Kier molecular flexibility index (Phi) is 8.73. The molecule has 0 spiro atoms. The molecule has 32 heavy (non-hydrogen) atoms. The van der Waals surface area contributed by atoms with E-state index >= 15 is 0 Å². The van der Waals surface area contributed by atoms with E-state index in [1.807, 2.05) is 23.1 Å². The smallest absolute Gasteiger partial charge is 0.259 e. The van der Waals surface area contributed by atoms with Crippen LogP contribution in [-0.4, -0.2) is 62.9 Å². The normalized spacial score (nSPS) is 17.3. The molecule has 0 bridgehead atoms. The lowest BCUT2D eigenvalue weighted by atomic mass is 9.95. The van der Waals surface area contributed by atoms with Crippen molar-refractivity contribution in [1.82, 2.24) is 19.8 Å². The van der Waals surface area contributed by atoms with Gasteiger partial charge >= 0.3 is 0 Å². The number of piperidine rings is 1. The predicted molar refractivity (Wildman–Crippen MR) is 131 cm³/mol. The number of fused-ring (bicyclic) bond motifs is 1. The average molecular weight is 458 g/mol. The van der Waals surface area contributed by atoms with Gasteiger partial charge in [-0.2, -0.15) is 0 Å². The molecule has 1 fully saturated rings. The summed E-state index contributed by atoms with van der Waals surface area (Å²) in [6.45, 7) is 9.21. The van der Waals surface area contributed by atoms with Crippen molar-refractivity contribution in [2.75, 3.05) is 26.2 Å². The van der Waals surface area contributed by atoms with E-state index in [1.54, 1.807) is 6.07 Å². The molecule has 1 aliphatic rings. The van der Waals surface area contributed by atoms with Crippen molar-refractivity contribution in [2.24, 2.45) is 5.92 Å². The molecule has 2 heterocycles. The van der Waals surface area contributed by atoms with Crippen LogP contribution in [0.15, 0.2) is 34.2 Å². The number of likely N-dealkylation sites (tertiary alicyclic amines) is 1. The Morgan fingerprint density at radius 1 is 1.31 bits per heavy atom. The lowest BCUT2D eigenvalue weighted by molar-refractivity contribution is -0.132. The molecule has 8 heteroatoms. The number of aromatic amines is 1. The topological polar surface area (TPSA) is 93.1 Å². The zero-order valence-electron chi connectivity index (χ0n) is 19.4. The molecule has 2 aromatic rings. The number of para-hydroxylation sites is 1. The number of nitrogens with zero attached hydrogens (tertiary/aromatic N) is 3. The number of carbonyl (C=O) groups is 1. The van der Waals surface area contributed by atoms with Crippen LogP contribution >= 0.6 is 11.8 Å². The van der Waals surface area contributed by atoms with Crippen molar-refractivity contribution in [2.45, 2.75) is 63.3 Å². The van der Waals surface area contributed by atoms with E-state index in [1.165, 1.54) is 11.8 Å². The van der Waals surface area contributed by atoms with Gasteiger partial charge in [-0.1, -0.05) is 43.7 Å². The Balaban J connectivity index is 1.77. The van der Waals surface area contributed by atoms with E-state index in [-0.39, 0.29) is 22.6 Å². The van der Waals surface area contributed by atoms with Crippen LogP contribution in [0.1, 0.15) is 52.9 Å². The standard InChI is InChI=1S/C24H35N5O2S/c1-4-7-14-20(32-24-26-19-13-9-8-12-18(19)22(30)27-24)23(31)29-15-10-11-17(16-29)21(25)28(5-2)6-3/h8-9,12-13,17,20,25H,4-7,10-11,14-16H2,1-3H3,(H,26,27,30). The second-order valence-electron chi connectivity index (χ2n) is 8.32. The molecule has 0 saturated carbocycles. The molecule has 0 aliphatic carbocycles. The number of hydrogen-bond acceptors (Lipinski definition) is 5. The summed E-state index contributed by atoms with van der Waals surface area (Å²) in [5.74, 6) is 0.824. The molecule has 2 N–H and O–H groups in total. The van der Waals surface area contributed by atoms with Crippen molar-refractivity contribution in [3.05, 3.63) is 34.6 Å². The minimum absolute atomic E-state index is 0.0861. The zero-order chi connectivity index (χ0) is 23.1. The van der Waals surface area contributed by atoms with E-state index in [2.05, 4.69) is 35.6 Å². The van der Waals surface area contributed by atoms with Crippen LogP contribution < -0.4 is 5.56 Å². The van der Waals surface area contributed by atoms with Crippen LogP contribution in [-0.2, 0) is 4.79 Å². The van der Waals surface area contributed by atoms with E-state index in [4.69, 9.17) is 5.41 Å². The van der Waals surface area contributed by atoms with Gasteiger partial charge in [-0.3, -0.25) is 15.0 Å². The number of aromatic nitrogens is 2. The number of thioether (sulfide) groups is 1. The van der Waals surface area contributed by atoms with Crippen molar-refractivity contribution in [3.63, 3.8) is 0 Å². The van der Waals surface area contributed by atoms with Crippen LogP contribution in [0, 0.1) is 11.3 Å². The van der Waals surface area contributed by atoms with E-state index in [0.29, 0.717) is 28.4 Å². The molecule has 1 amide bonds. The first kappa shape index (κ1) is 24.3. The maximum Gasteiger partial charge on any atom is 0.259 e. The molecule has 1 aliphatic heterocycles. The van der Waals surface area contributed by atoms with Crippen molar-refractivity contribution < 1.29 is 4.79 Å². The third-order valence-electron chi connectivity index (χ3n) is 6.16. The van der Waals surface area contributed by atoms with Gasteiger partial charge < -0.3 is 14.8 Å². The van der Waals surface area contributed by atoms with Gasteiger partial charge in [0.2, 0.25) is 5.91 Å². The second kappa shape index (κ2) is 11.5. The van der Waals surface area contributed by atoms with Gasteiger partial charge in [0.1, 0.15) is 5.84 Å². The predicted octanol–water partition coefficient (Wildman–Crippen LogP) is 4.13. The maximum atomic E-state index is 13.5. The highest BCUT2D eigenvalue weighted by atomic mass is 32.2. The maximum absolute atomic E-state index is 13.5. The fraction of sp³-hybridized carbons (Fsp3) is 0.583. The Morgan fingerprint density at radius 3 is 2.78 bits per heavy atom. The van der Waals surface area contributed by atoms with Crippen LogP contribution in [0.3, 0.4) is 0 Å². The number of nitrogens with one attached hydrogen (secondary N) is 2. The first-order valence-corrected chi connectivity index (χ1v) is 12.6. The van der Waals surface area contributed by atoms with Crippen LogP contribution in [0.4, 0.5) is 0 Å². The Labute approximate surface area is 194 Å². The molecule has 1 saturated heterocycles. The quantitative estimate of drug-likeness (QED) is 0.256. The number of benzene rings is 1. The summed E-state index contributed by atoms with van der Waals surface area (Å²) in [7, 11) is 0. The molecule has 2 unspecified atom stereocenters. The van der Waals surface area contributed by atoms with Gasteiger partial charge in [0, 0.05) is 32.1 Å². The highest BCUT2D eigenvalue weighted by molar-refractivity contribution is 8.00. The fourth-order valence-electron chi connectivity index (χ4n) is 4.30. The number of H-pyrrole nitrogens is 1. The summed E-state index contributed by atoms with van der Waals surface area (Å²) in [5.41, 5.74) is 0.469. The summed E-state index contributed by atoms with van der Waals surface area (Å²) in [5, 5.41) is 9.36. The number of unbranched alkanes of at least 4 members (excludes halogenated alkanes) is 1. The minimum Gasteiger partial charge on any atom is -0.361 e. The fourth-order valence-corrected chi connectivity index (χ4v) is 5.41. The van der Waals surface area contributed by atoms with E-state index in [9.17, 15) is 9.59 Å². The van der Waals surface area contributed by atoms with Crippen LogP contribution in [0.2, 0.25) is 0 Å². The molecular formula is C24H35N5O2S. The number of hydrogen-bond donors (Lipinski definition) is 2. The lowest BCUT2D eigenvalue weighted by Gasteiger charge is -2.37. The third-order valence-corrected chi connectivity index (χ3v) is 7.30. The SMILES string of the molecule is CCCCC(Sc1nc2ccccc2c(=O)[nH]1)C(=O)N1CCCC(C(=N)N(CC)CC)C1. The van der Waals surface area contributed by atoms with Gasteiger partial charge in [0.25, 0.3) is 5.56 Å².